The highest BCUT2D eigenvalue weighted by atomic mass is 16.3. The molecule has 1 saturated carbocycles. The number of carbonyl (C=O) groups excluding carboxylic acids is 1. The first-order valence-corrected chi connectivity index (χ1v) is 12.5. The lowest BCUT2D eigenvalue weighted by atomic mass is 9.85. The lowest BCUT2D eigenvalue weighted by Gasteiger charge is -2.39. The van der Waals surface area contributed by atoms with Crippen molar-refractivity contribution in [2.75, 3.05) is 26.2 Å². The second-order valence-corrected chi connectivity index (χ2v) is 10.2. The number of nitrogens with zero attached hydrogens (tertiary/aromatic N) is 4. The molecule has 7 nitrogen and oxygen atoms in total. The van der Waals surface area contributed by atoms with E-state index in [0.717, 1.165) is 43.7 Å². The van der Waals surface area contributed by atoms with Gasteiger partial charge in [0.25, 0.3) is 5.56 Å². The summed E-state index contributed by atoms with van der Waals surface area (Å²) in [5, 5.41) is 10.5. The average molecular weight is 449 g/mol. The van der Waals surface area contributed by atoms with E-state index in [2.05, 4.69) is 9.88 Å². The van der Waals surface area contributed by atoms with E-state index in [9.17, 15) is 14.7 Å². The second kappa shape index (κ2) is 8.37. The largest absolute Gasteiger partial charge is 0.396 e. The Balaban J connectivity index is 1.44. The predicted molar refractivity (Wildman–Crippen MR) is 124 cm³/mol. The molecule has 0 aromatic carbocycles. The van der Waals surface area contributed by atoms with E-state index in [4.69, 9.17) is 0 Å². The third-order valence-electron chi connectivity index (χ3n) is 8.26. The monoisotopic (exact) mass is 448 g/mol. The summed E-state index contributed by atoms with van der Waals surface area (Å²) in [5.74, 6) is 0.393. The molecule has 1 N–H and O–H groups in total. The maximum atomic E-state index is 13.8. The number of amides is 1. The van der Waals surface area contributed by atoms with Crippen molar-refractivity contribution in [3.8, 4) is 11.1 Å². The first kappa shape index (κ1) is 21.1. The van der Waals surface area contributed by atoms with E-state index in [1.165, 1.54) is 19.3 Å². The van der Waals surface area contributed by atoms with Gasteiger partial charge in [0.15, 0.2) is 0 Å². The number of aliphatic hydroxyl groups excluding tert-OH is 1. The van der Waals surface area contributed by atoms with Gasteiger partial charge < -0.3 is 14.6 Å². The highest BCUT2D eigenvalue weighted by Crippen LogP contribution is 2.50. The van der Waals surface area contributed by atoms with Crippen LogP contribution in [-0.2, 0) is 11.3 Å². The summed E-state index contributed by atoms with van der Waals surface area (Å²) in [5.41, 5.74) is 2.35. The minimum absolute atomic E-state index is 0.00805. The molecule has 2 aromatic heterocycles. The quantitative estimate of drug-likeness (QED) is 0.759. The van der Waals surface area contributed by atoms with E-state index in [1.807, 2.05) is 33.7 Å². The van der Waals surface area contributed by atoms with Gasteiger partial charge in [-0.25, -0.2) is 0 Å². The highest BCUT2D eigenvalue weighted by molar-refractivity contribution is 5.81. The summed E-state index contributed by atoms with van der Waals surface area (Å²) >= 11 is 0. The Morgan fingerprint density at radius 3 is 2.64 bits per heavy atom. The Hall–Kier alpha value is -2.51. The topological polar surface area (TPSA) is 78.7 Å². The molecule has 2 bridgehead atoms. The molecule has 2 aromatic rings. The highest BCUT2D eigenvalue weighted by Gasteiger charge is 2.57. The maximum Gasteiger partial charge on any atom is 0.258 e. The summed E-state index contributed by atoms with van der Waals surface area (Å²) in [6, 6.07) is 7.55. The number of hydrogen-bond acceptors (Lipinski definition) is 5. The fraction of sp³-hybridized carbons (Fsp3) is 0.577. The molecule has 2 saturated heterocycles. The molecular weight excluding hydrogens is 416 g/mol. The van der Waals surface area contributed by atoms with Crippen molar-refractivity contribution in [3.05, 3.63) is 52.7 Å². The zero-order valence-corrected chi connectivity index (χ0v) is 19.0. The van der Waals surface area contributed by atoms with E-state index < -0.39 is 0 Å². The number of aliphatic hydroxyl groups is 1. The molecule has 5 heterocycles. The number of piperidine rings is 1. The van der Waals surface area contributed by atoms with Gasteiger partial charge in [-0.1, -0.05) is 6.07 Å². The van der Waals surface area contributed by atoms with Gasteiger partial charge in [-0.2, -0.15) is 0 Å². The van der Waals surface area contributed by atoms with Crippen molar-refractivity contribution in [2.24, 2.45) is 17.8 Å². The summed E-state index contributed by atoms with van der Waals surface area (Å²) in [6.45, 7) is 3.07. The molecule has 6 rings (SSSR count). The number of hydrogen-bond donors (Lipinski definition) is 1. The van der Waals surface area contributed by atoms with Gasteiger partial charge in [0.2, 0.25) is 5.91 Å². The fourth-order valence-electron chi connectivity index (χ4n) is 6.42. The van der Waals surface area contributed by atoms with Crippen LogP contribution in [0, 0.1) is 17.8 Å². The molecule has 0 radical (unpaired) electrons. The summed E-state index contributed by atoms with van der Waals surface area (Å²) in [4.78, 5) is 36.1. The standard InChI is InChI=1S/C26H32N4O3/c31-16-20-22-15-30-21(9-8-19(25(30)32)18-5-4-10-27-13-18)24(29(22)14-17-6-7-17)23(20)26(33)28-11-2-1-3-12-28/h4-5,8-10,13,17,20,22-24,31H,1-3,6-7,11-12,14-16H2/t20-,22-,23+,24+/m1/s1. The molecule has 174 valence electrons. The van der Waals surface area contributed by atoms with E-state index in [1.54, 1.807) is 12.4 Å². The van der Waals surface area contributed by atoms with E-state index >= 15 is 0 Å². The van der Waals surface area contributed by atoms with Gasteiger partial charge in [-0.3, -0.25) is 19.5 Å². The van der Waals surface area contributed by atoms with Crippen molar-refractivity contribution < 1.29 is 9.90 Å². The second-order valence-electron chi connectivity index (χ2n) is 10.2. The first-order chi connectivity index (χ1) is 16.2. The SMILES string of the molecule is O=C([C@H]1[C@H](CO)[C@H]2Cn3c(ccc(-c4cccnc4)c3=O)[C@@H]1N2CC1CC1)N1CCCCC1. The van der Waals surface area contributed by atoms with Crippen molar-refractivity contribution in [2.45, 2.75) is 50.7 Å². The Morgan fingerprint density at radius 2 is 1.94 bits per heavy atom. The number of pyridine rings is 2. The molecule has 1 amide bonds. The van der Waals surface area contributed by atoms with Crippen LogP contribution in [0.25, 0.3) is 11.1 Å². The van der Waals surface area contributed by atoms with Crippen LogP contribution in [0.5, 0.6) is 0 Å². The number of aromatic nitrogens is 2. The van der Waals surface area contributed by atoms with Crippen LogP contribution in [0.2, 0.25) is 0 Å². The van der Waals surface area contributed by atoms with Gasteiger partial charge in [-0.05, 0) is 56.2 Å². The van der Waals surface area contributed by atoms with Crippen molar-refractivity contribution >= 4 is 5.91 Å². The van der Waals surface area contributed by atoms with Crippen LogP contribution < -0.4 is 5.56 Å². The molecule has 4 aliphatic rings. The third-order valence-corrected chi connectivity index (χ3v) is 8.26. The van der Waals surface area contributed by atoms with E-state index in [0.29, 0.717) is 18.0 Å². The molecule has 7 heteroatoms. The molecule has 3 fully saturated rings. The Bertz CT molecular complexity index is 1090. The zero-order chi connectivity index (χ0) is 22.5. The first-order valence-electron chi connectivity index (χ1n) is 12.5. The van der Waals surface area contributed by atoms with Gasteiger partial charge in [-0.15, -0.1) is 0 Å². The molecule has 33 heavy (non-hydrogen) atoms. The zero-order valence-electron chi connectivity index (χ0n) is 19.0. The molecule has 0 unspecified atom stereocenters. The van der Waals surface area contributed by atoms with Crippen molar-refractivity contribution in [3.63, 3.8) is 0 Å². The van der Waals surface area contributed by atoms with Crippen molar-refractivity contribution in [1.29, 1.82) is 0 Å². The third kappa shape index (κ3) is 3.53. The van der Waals surface area contributed by atoms with Crippen molar-refractivity contribution in [1.82, 2.24) is 19.4 Å². The molecule has 3 aliphatic heterocycles. The fourth-order valence-corrected chi connectivity index (χ4v) is 6.42. The molecule has 0 spiro atoms. The van der Waals surface area contributed by atoms with Crippen LogP contribution in [0.15, 0.2) is 41.5 Å². The molecular formula is C26H32N4O3. The normalized spacial score (nSPS) is 29.2. The lowest BCUT2D eigenvalue weighted by molar-refractivity contribution is -0.139. The van der Waals surface area contributed by atoms with Crippen LogP contribution in [-0.4, -0.2) is 62.6 Å². The number of rotatable bonds is 5. The van der Waals surface area contributed by atoms with Crippen LogP contribution >= 0.6 is 0 Å². The van der Waals surface area contributed by atoms with Gasteiger partial charge in [0, 0.05) is 74.0 Å². The van der Waals surface area contributed by atoms with Gasteiger partial charge >= 0.3 is 0 Å². The Kier molecular flexibility index (Phi) is 5.34. The maximum absolute atomic E-state index is 13.8. The minimum atomic E-state index is -0.297. The van der Waals surface area contributed by atoms with Gasteiger partial charge in [0.05, 0.1) is 12.0 Å². The summed E-state index contributed by atoms with van der Waals surface area (Å²) in [6.07, 6.45) is 9.17. The van der Waals surface area contributed by atoms with Crippen LogP contribution in [0.4, 0.5) is 0 Å². The predicted octanol–water partition coefficient (Wildman–Crippen LogP) is 2.30. The lowest BCUT2D eigenvalue weighted by Crippen LogP contribution is -2.47. The number of fused-ring (bicyclic) bond motifs is 4. The van der Waals surface area contributed by atoms with Gasteiger partial charge in [0.1, 0.15) is 0 Å². The summed E-state index contributed by atoms with van der Waals surface area (Å²) in [7, 11) is 0. The smallest absolute Gasteiger partial charge is 0.258 e. The molecule has 1 aliphatic carbocycles. The number of carbonyl (C=O) groups is 1. The van der Waals surface area contributed by atoms with Crippen LogP contribution in [0.3, 0.4) is 0 Å². The summed E-state index contributed by atoms with van der Waals surface area (Å²) < 4.78 is 1.88. The average Bonchev–Trinajstić information content (AvgIpc) is 3.65. The molecule has 4 atom stereocenters. The Morgan fingerprint density at radius 1 is 1.12 bits per heavy atom. The minimum Gasteiger partial charge on any atom is -0.396 e. The number of likely N-dealkylation sites (tertiary alicyclic amines) is 1. The van der Waals surface area contributed by atoms with Crippen LogP contribution in [0.1, 0.15) is 43.8 Å². The Labute approximate surface area is 194 Å². The van der Waals surface area contributed by atoms with E-state index in [-0.39, 0.29) is 42.0 Å².